The molecule has 6 nitrogen and oxygen atoms in total. The van der Waals surface area contributed by atoms with Gasteiger partial charge in [0, 0.05) is 30.6 Å². The van der Waals surface area contributed by atoms with Gasteiger partial charge in [0.15, 0.2) is 0 Å². The first-order chi connectivity index (χ1) is 13.3. The minimum atomic E-state index is -2.52. The van der Waals surface area contributed by atoms with Crippen molar-refractivity contribution in [2.24, 2.45) is 5.92 Å². The first kappa shape index (κ1) is 22.1. The number of likely N-dealkylation sites (N-methyl/N-ethyl adjacent to an activating group) is 1. The molecule has 2 rings (SSSR count). The molecular weight excluding hydrogens is 390 g/mol. The minimum absolute atomic E-state index is 0.123. The molecule has 0 aromatic heterocycles. The van der Waals surface area contributed by atoms with Crippen molar-refractivity contribution in [2.45, 2.75) is 30.4 Å². The average Bonchev–Trinajstić information content (AvgIpc) is 2.67. The zero-order valence-electron chi connectivity index (χ0n) is 15.9. The number of alkyl halides is 2. The lowest BCUT2D eigenvalue weighted by atomic mass is 9.98. The van der Waals surface area contributed by atoms with E-state index in [1.54, 1.807) is 11.8 Å². The second-order valence-electron chi connectivity index (χ2n) is 6.50. The maximum absolute atomic E-state index is 12.5. The summed E-state index contributed by atoms with van der Waals surface area (Å²) in [6.07, 6.45) is 1.39. The maximum Gasteiger partial charge on any atom is 0.310 e. The summed E-state index contributed by atoms with van der Waals surface area (Å²) in [6, 6.07) is 5.83. The van der Waals surface area contributed by atoms with Crippen molar-refractivity contribution < 1.29 is 27.9 Å². The van der Waals surface area contributed by atoms with E-state index in [4.69, 9.17) is 4.74 Å². The number of carbonyl (C=O) groups excluding carboxylic acids is 3. The van der Waals surface area contributed by atoms with Crippen molar-refractivity contribution in [3.63, 3.8) is 0 Å². The number of benzene rings is 1. The molecule has 1 aliphatic heterocycles. The van der Waals surface area contributed by atoms with Gasteiger partial charge in [-0.05, 0) is 44.0 Å². The molecule has 1 heterocycles. The van der Waals surface area contributed by atoms with Crippen LogP contribution in [0, 0.1) is 5.92 Å². The van der Waals surface area contributed by atoms with E-state index in [1.165, 1.54) is 36.2 Å². The van der Waals surface area contributed by atoms with Crippen LogP contribution in [0.1, 0.15) is 30.1 Å². The molecule has 0 saturated carbocycles. The summed E-state index contributed by atoms with van der Waals surface area (Å²) in [5, 5.41) is 0. The van der Waals surface area contributed by atoms with Crippen LogP contribution in [0.15, 0.2) is 29.2 Å². The largest absolute Gasteiger partial charge is 0.466 e. The minimum Gasteiger partial charge on any atom is -0.466 e. The summed E-state index contributed by atoms with van der Waals surface area (Å²) >= 11 is 0.406. The number of halogens is 2. The summed E-state index contributed by atoms with van der Waals surface area (Å²) in [6.45, 7) is 2.75. The van der Waals surface area contributed by atoms with Crippen LogP contribution in [0.5, 0.6) is 0 Å². The Morgan fingerprint density at radius 1 is 1.29 bits per heavy atom. The fourth-order valence-electron chi connectivity index (χ4n) is 3.03. The predicted molar refractivity (Wildman–Crippen MR) is 101 cm³/mol. The monoisotopic (exact) mass is 414 g/mol. The van der Waals surface area contributed by atoms with Crippen LogP contribution in [0.3, 0.4) is 0 Å². The third-order valence-corrected chi connectivity index (χ3v) is 5.16. The number of ether oxygens (including phenoxy) is 1. The SMILES string of the molecule is CCOC(=O)C1CCCN(C(=O)CN(C)C(=O)c2ccc(SC(F)F)cc2)C1. The number of likely N-dealkylation sites (tertiary alicyclic amines) is 1. The summed E-state index contributed by atoms with van der Waals surface area (Å²) < 4.78 is 29.8. The van der Waals surface area contributed by atoms with Gasteiger partial charge in [-0.25, -0.2) is 0 Å². The molecule has 0 aliphatic carbocycles. The zero-order valence-corrected chi connectivity index (χ0v) is 16.7. The molecule has 0 radical (unpaired) electrons. The average molecular weight is 414 g/mol. The first-order valence-electron chi connectivity index (χ1n) is 9.06. The summed E-state index contributed by atoms with van der Waals surface area (Å²) in [5.41, 5.74) is 0.317. The number of thioether (sulfide) groups is 1. The lowest BCUT2D eigenvalue weighted by Gasteiger charge is -2.32. The Morgan fingerprint density at radius 2 is 1.96 bits per heavy atom. The van der Waals surface area contributed by atoms with Crippen LogP contribution in [0.4, 0.5) is 8.78 Å². The van der Waals surface area contributed by atoms with E-state index < -0.39 is 5.76 Å². The van der Waals surface area contributed by atoms with Crippen molar-refractivity contribution in [1.82, 2.24) is 9.80 Å². The molecule has 28 heavy (non-hydrogen) atoms. The van der Waals surface area contributed by atoms with Gasteiger partial charge in [-0.2, -0.15) is 8.78 Å². The number of rotatable bonds is 7. The fourth-order valence-corrected chi connectivity index (χ4v) is 3.53. The standard InChI is InChI=1S/C19H24F2N2O4S/c1-3-27-18(26)14-5-4-10-23(11-14)16(24)12-22(2)17(25)13-6-8-15(9-7-13)28-19(20)21/h6-9,14,19H,3-5,10-12H2,1-2H3. The van der Waals surface area contributed by atoms with Gasteiger partial charge in [-0.1, -0.05) is 11.8 Å². The van der Waals surface area contributed by atoms with E-state index >= 15 is 0 Å². The van der Waals surface area contributed by atoms with Gasteiger partial charge in [0.25, 0.3) is 11.7 Å². The smallest absolute Gasteiger partial charge is 0.310 e. The van der Waals surface area contributed by atoms with E-state index in [0.29, 0.717) is 54.8 Å². The van der Waals surface area contributed by atoms with Gasteiger partial charge in [-0.15, -0.1) is 0 Å². The van der Waals surface area contributed by atoms with Crippen molar-refractivity contribution in [1.29, 1.82) is 0 Å². The van der Waals surface area contributed by atoms with Crippen molar-refractivity contribution >= 4 is 29.5 Å². The highest BCUT2D eigenvalue weighted by Gasteiger charge is 2.30. The molecule has 1 fully saturated rings. The second kappa shape index (κ2) is 10.4. The fraction of sp³-hybridized carbons (Fsp3) is 0.526. The molecular formula is C19H24F2N2O4S. The number of nitrogens with zero attached hydrogens (tertiary/aromatic N) is 2. The number of carbonyl (C=O) groups is 3. The lowest BCUT2D eigenvalue weighted by Crippen LogP contribution is -2.47. The Balaban J connectivity index is 1.92. The van der Waals surface area contributed by atoms with Crippen molar-refractivity contribution in [2.75, 3.05) is 33.3 Å². The van der Waals surface area contributed by atoms with Crippen LogP contribution in [0.2, 0.25) is 0 Å². The van der Waals surface area contributed by atoms with Gasteiger partial charge in [0.2, 0.25) is 5.91 Å². The topological polar surface area (TPSA) is 66.9 Å². The number of amides is 2. The van der Waals surface area contributed by atoms with Crippen LogP contribution in [0.25, 0.3) is 0 Å². The Morgan fingerprint density at radius 3 is 2.57 bits per heavy atom. The molecule has 2 amide bonds. The molecule has 0 N–H and O–H groups in total. The molecule has 154 valence electrons. The Hall–Kier alpha value is -2.16. The van der Waals surface area contributed by atoms with E-state index in [2.05, 4.69) is 0 Å². The maximum atomic E-state index is 12.5. The third-order valence-electron chi connectivity index (χ3n) is 4.44. The Labute approximate surface area is 167 Å². The molecule has 1 atom stereocenters. The summed E-state index contributed by atoms with van der Waals surface area (Å²) in [5.74, 6) is -3.77. The lowest BCUT2D eigenvalue weighted by molar-refractivity contribution is -0.151. The van der Waals surface area contributed by atoms with E-state index in [9.17, 15) is 23.2 Å². The zero-order chi connectivity index (χ0) is 20.7. The third kappa shape index (κ3) is 6.19. The predicted octanol–water partition coefficient (Wildman–Crippen LogP) is 2.88. The number of piperidine rings is 1. The van der Waals surface area contributed by atoms with Crippen molar-refractivity contribution in [3.05, 3.63) is 29.8 Å². The van der Waals surface area contributed by atoms with Crippen LogP contribution in [-0.4, -0.2) is 66.6 Å². The highest BCUT2D eigenvalue weighted by atomic mass is 32.2. The molecule has 9 heteroatoms. The summed E-state index contributed by atoms with van der Waals surface area (Å²) in [4.78, 5) is 40.2. The van der Waals surface area contributed by atoms with Crippen LogP contribution in [-0.2, 0) is 14.3 Å². The molecule has 1 aromatic rings. The molecule has 1 aromatic carbocycles. The molecule has 0 bridgehead atoms. The van der Waals surface area contributed by atoms with Gasteiger partial charge in [0.1, 0.15) is 0 Å². The summed E-state index contributed by atoms with van der Waals surface area (Å²) in [7, 11) is 1.51. The Bertz CT molecular complexity index is 700. The number of hydrogen-bond donors (Lipinski definition) is 0. The van der Waals surface area contributed by atoms with Gasteiger partial charge < -0.3 is 14.5 Å². The second-order valence-corrected chi connectivity index (χ2v) is 7.56. The van der Waals surface area contributed by atoms with E-state index in [1.807, 2.05) is 0 Å². The quantitative estimate of drug-likeness (QED) is 0.507. The normalized spacial score (nSPS) is 16.8. The number of hydrogen-bond acceptors (Lipinski definition) is 5. The van der Waals surface area contributed by atoms with Gasteiger partial charge in [0.05, 0.1) is 19.1 Å². The molecule has 1 saturated heterocycles. The van der Waals surface area contributed by atoms with Gasteiger partial charge >= 0.3 is 5.97 Å². The van der Waals surface area contributed by atoms with Crippen LogP contribution >= 0.6 is 11.8 Å². The van der Waals surface area contributed by atoms with E-state index in [0.717, 1.165) is 0 Å². The highest BCUT2D eigenvalue weighted by Crippen LogP contribution is 2.25. The Kier molecular flexibility index (Phi) is 8.22. The molecule has 1 unspecified atom stereocenters. The van der Waals surface area contributed by atoms with Gasteiger partial charge in [-0.3, -0.25) is 14.4 Å². The molecule has 1 aliphatic rings. The van der Waals surface area contributed by atoms with Crippen molar-refractivity contribution in [3.8, 4) is 0 Å². The van der Waals surface area contributed by atoms with E-state index in [-0.39, 0.29) is 30.2 Å². The number of esters is 1. The highest BCUT2D eigenvalue weighted by molar-refractivity contribution is 7.99. The molecule has 0 spiro atoms. The first-order valence-corrected chi connectivity index (χ1v) is 9.94. The van der Waals surface area contributed by atoms with Crippen LogP contribution < -0.4 is 0 Å².